The van der Waals surface area contributed by atoms with E-state index in [-0.39, 0.29) is 0 Å². The third-order valence-corrected chi connectivity index (χ3v) is 6.42. The van der Waals surface area contributed by atoms with Gasteiger partial charge in [-0.2, -0.15) is 0 Å². The molecule has 0 radical (unpaired) electrons. The summed E-state index contributed by atoms with van der Waals surface area (Å²) >= 11 is 0. The summed E-state index contributed by atoms with van der Waals surface area (Å²) in [5, 5.41) is 11.0. The van der Waals surface area contributed by atoms with Crippen LogP contribution in [0.1, 0.15) is 76.7 Å². The highest BCUT2D eigenvalue weighted by molar-refractivity contribution is 5.22. The van der Waals surface area contributed by atoms with E-state index in [9.17, 15) is 5.11 Å². The quantitative estimate of drug-likeness (QED) is 0.759. The Morgan fingerprint density at radius 2 is 1.50 bits per heavy atom. The van der Waals surface area contributed by atoms with E-state index in [0.29, 0.717) is 0 Å². The Balaban J connectivity index is 1.52. The lowest BCUT2D eigenvalue weighted by atomic mass is 9.66. The van der Waals surface area contributed by atoms with Crippen molar-refractivity contribution in [3.05, 3.63) is 35.9 Å². The van der Waals surface area contributed by atoms with Crippen molar-refractivity contribution >= 4 is 0 Å². The van der Waals surface area contributed by atoms with E-state index in [1.165, 1.54) is 51.4 Å². The lowest BCUT2D eigenvalue weighted by molar-refractivity contribution is -0.0260. The first-order chi connectivity index (χ1) is 10.7. The Kier molecular flexibility index (Phi) is 5.23. The Morgan fingerprint density at radius 3 is 2.09 bits per heavy atom. The average Bonchev–Trinajstić information content (AvgIpc) is 2.58. The molecule has 0 atom stereocenters. The molecule has 0 saturated heterocycles. The van der Waals surface area contributed by atoms with E-state index in [2.05, 4.69) is 19.1 Å². The molecular formula is C21H32O. The SMILES string of the molecule is CCCC1CCC(C2CCC(O)(c3ccccc3)CC2)CC1. The Morgan fingerprint density at radius 1 is 0.909 bits per heavy atom. The summed E-state index contributed by atoms with van der Waals surface area (Å²) in [5.41, 5.74) is 0.567. The second-order valence-corrected chi connectivity index (χ2v) is 7.80. The van der Waals surface area contributed by atoms with Gasteiger partial charge in [-0.25, -0.2) is 0 Å². The maximum Gasteiger partial charge on any atom is 0.0896 e. The van der Waals surface area contributed by atoms with Crippen LogP contribution in [0.15, 0.2) is 30.3 Å². The molecule has 0 aromatic heterocycles. The standard InChI is InChI=1S/C21H32O/c1-2-6-17-9-11-18(12-10-17)19-13-15-21(22,16-14-19)20-7-4-3-5-8-20/h3-5,7-8,17-19,22H,2,6,9-16H2,1H3. The van der Waals surface area contributed by atoms with Crippen LogP contribution < -0.4 is 0 Å². The van der Waals surface area contributed by atoms with Crippen LogP contribution in [0.2, 0.25) is 0 Å². The van der Waals surface area contributed by atoms with Gasteiger partial charge >= 0.3 is 0 Å². The number of hydrogen-bond acceptors (Lipinski definition) is 1. The van der Waals surface area contributed by atoms with Gasteiger partial charge in [0.2, 0.25) is 0 Å². The minimum Gasteiger partial charge on any atom is -0.385 e. The molecule has 0 spiro atoms. The fourth-order valence-electron chi connectivity index (χ4n) is 4.98. The summed E-state index contributed by atoms with van der Waals surface area (Å²) in [4.78, 5) is 0. The summed E-state index contributed by atoms with van der Waals surface area (Å²) in [6.07, 6.45) is 12.9. The molecule has 0 bridgehead atoms. The third-order valence-electron chi connectivity index (χ3n) is 6.42. The molecule has 0 amide bonds. The first kappa shape index (κ1) is 16.1. The van der Waals surface area contributed by atoms with Crippen LogP contribution in [0.25, 0.3) is 0 Å². The molecule has 1 N–H and O–H groups in total. The Labute approximate surface area is 136 Å². The molecule has 22 heavy (non-hydrogen) atoms. The van der Waals surface area contributed by atoms with Gasteiger partial charge in [-0.05, 0) is 61.8 Å². The van der Waals surface area contributed by atoms with Crippen molar-refractivity contribution in [2.45, 2.75) is 76.7 Å². The summed E-state index contributed by atoms with van der Waals surface area (Å²) < 4.78 is 0. The van der Waals surface area contributed by atoms with Crippen LogP contribution in [0, 0.1) is 17.8 Å². The minimum atomic E-state index is -0.558. The number of benzene rings is 1. The Hall–Kier alpha value is -0.820. The van der Waals surface area contributed by atoms with Gasteiger partial charge in [0.15, 0.2) is 0 Å². The molecule has 0 aliphatic heterocycles. The smallest absolute Gasteiger partial charge is 0.0896 e. The van der Waals surface area contributed by atoms with Gasteiger partial charge in [-0.1, -0.05) is 62.9 Å². The van der Waals surface area contributed by atoms with Crippen molar-refractivity contribution in [1.29, 1.82) is 0 Å². The van der Waals surface area contributed by atoms with Crippen LogP contribution in [0.4, 0.5) is 0 Å². The highest BCUT2D eigenvalue weighted by Gasteiger charge is 2.37. The zero-order chi connectivity index (χ0) is 15.4. The number of aliphatic hydroxyl groups is 1. The van der Waals surface area contributed by atoms with Gasteiger partial charge in [0.05, 0.1) is 5.60 Å². The van der Waals surface area contributed by atoms with Gasteiger partial charge < -0.3 is 5.11 Å². The molecule has 2 fully saturated rings. The average molecular weight is 300 g/mol. The van der Waals surface area contributed by atoms with E-state index < -0.39 is 5.60 Å². The van der Waals surface area contributed by atoms with Gasteiger partial charge in [-0.15, -0.1) is 0 Å². The van der Waals surface area contributed by atoms with Gasteiger partial charge in [0.25, 0.3) is 0 Å². The summed E-state index contributed by atoms with van der Waals surface area (Å²) in [6, 6.07) is 10.3. The molecule has 122 valence electrons. The predicted molar refractivity (Wildman–Crippen MR) is 92.7 cm³/mol. The maximum absolute atomic E-state index is 11.0. The molecule has 0 heterocycles. The molecular weight excluding hydrogens is 268 g/mol. The van der Waals surface area contributed by atoms with Crippen molar-refractivity contribution in [3.63, 3.8) is 0 Å². The number of rotatable bonds is 4. The highest BCUT2D eigenvalue weighted by Crippen LogP contribution is 2.46. The molecule has 3 rings (SSSR count). The largest absolute Gasteiger partial charge is 0.385 e. The molecule has 1 aromatic carbocycles. The minimum absolute atomic E-state index is 0.558. The van der Waals surface area contributed by atoms with E-state index >= 15 is 0 Å². The summed E-state index contributed by atoms with van der Waals surface area (Å²) in [5.74, 6) is 2.81. The summed E-state index contributed by atoms with van der Waals surface area (Å²) in [6.45, 7) is 2.32. The monoisotopic (exact) mass is 300 g/mol. The van der Waals surface area contributed by atoms with Gasteiger partial charge in [0, 0.05) is 0 Å². The van der Waals surface area contributed by atoms with Crippen molar-refractivity contribution in [2.75, 3.05) is 0 Å². The maximum atomic E-state index is 11.0. The molecule has 0 unspecified atom stereocenters. The zero-order valence-electron chi connectivity index (χ0n) is 14.1. The zero-order valence-corrected chi connectivity index (χ0v) is 14.1. The van der Waals surface area contributed by atoms with Crippen molar-refractivity contribution in [1.82, 2.24) is 0 Å². The lowest BCUT2D eigenvalue weighted by Gasteiger charge is -2.41. The van der Waals surface area contributed by atoms with Crippen LogP contribution in [-0.4, -0.2) is 5.11 Å². The van der Waals surface area contributed by atoms with Crippen LogP contribution >= 0.6 is 0 Å². The molecule has 1 heteroatoms. The fraction of sp³-hybridized carbons (Fsp3) is 0.714. The first-order valence-corrected chi connectivity index (χ1v) is 9.49. The Bertz CT molecular complexity index is 436. The molecule has 1 aromatic rings. The normalized spacial score (nSPS) is 36.2. The molecule has 2 aliphatic rings. The van der Waals surface area contributed by atoms with Crippen molar-refractivity contribution in [2.24, 2.45) is 17.8 Å². The first-order valence-electron chi connectivity index (χ1n) is 9.49. The lowest BCUT2D eigenvalue weighted by Crippen LogP contribution is -2.34. The highest BCUT2D eigenvalue weighted by atomic mass is 16.3. The molecule has 2 aliphatic carbocycles. The second-order valence-electron chi connectivity index (χ2n) is 7.80. The van der Waals surface area contributed by atoms with Gasteiger partial charge in [-0.3, -0.25) is 0 Å². The predicted octanol–water partition coefficient (Wildman–Crippen LogP) is 5.67. The third kappa shape index (κ3) is 3.56. The van der Waals surface area contributed by atoms with Crippen LogP contribution in [-0.2, 0) is 5.60 Å². The molecule has 1 nitrogen and oxygen atoms in total. The summed E-state index contributed by atoms with van der Waals surface area (Å²) in [7, 11) is 0. The van der Waals surface area contributed by atoms with Crippen molar-refractivity contribution < 1.29 is 5.11 Å². The second kappa shape index (κ2) is 7.17. The topological polar surface area (TPSA) is 20.2 Å². The van der Waals surface area contributed by atoms with Crippen LogP contribution in [0.3, 0.4) is 0 Å². The number of hydrogen-bond donors (Lipinski definition) is 1. The van der Waals surface area contributed by atoms with Crippen LogP contribution in [0.5, 0.6) is 0 Å². The van der Waals surface area contributed by atoms with E-state index in [4.69, 9.17) is 0 Å². The van der Waals surface area contributed by atoms with E-state index in [0.717, 1.165) is 36.2 Å². The van der Waals surface area contributed by atoms with E-state index in [1.807, 2.05) is 18.2 Å². The van der Waals surface area contributed by atoms with E-state index in [1.54, 1.807) is 0 Å². The van der Waals surface area contributed by atoms with Crippen molar-refractivity contribution in [3.8, 4) is 0 Å². The molecule has 2 saturated carbocycles. The van der Waals surface area contributed by atoms with Gasteiger partial charge in [0.1, 0.15) is 0 Å². The fourth-order valence-corrected chi connectivity index (χ4v) is 4.98.